The van der Waals surface area contributed by atoms with Crippen LogP contribution in [0.15, 0.2) is 9.66 Å². The van der Waals surface area contributed by atoms with Crippen molar-refractivity contribution in [1.29, 1.82) is 0 Å². The zero-order valence-corrected chi connectivity index (χ0v) is 19.2. The fourth-order valence-electron chi connectivity index (χ4n) is 3.20. The van der Waals surface area contributed by atoms with E-state index < -0.39 is 17.9 Å². The van der Waals surface area contributed by atoms with Crippen molar-refractivity contribution in [3.05, 3.63) is 9.66 Å². The van der Waals surface area contributed by atoms with Gasteiger partial charge in [-0.15, -0.1) is 0 Å². The summed E-state index contributed by atoms with van der Waals surface area (Å²) < 4.78 is 0.636. The van der Waals surface area contributed by atoms with E-state index in [1.54, 1.807) is 0 Å². The lowest BCUT2D eigenvalue weighted by Gasteiger charge is -2.09. The topological polar surface area (TPSA) is 74.6 Å². The number of carbonyl (C=O) groups is 2. The minimum absolute atomic E-state index is 0.344. The summed E-state index contributed by atoms with van der Waals surface area (Å²) in [6.07, 6.45) is 20.9. The average Bonchev–Trinajstić information content (AvgIpc) is 2.62. The molecule has 5 heteroatoms. The first-order valence-corrected chi connectivity index (χ1v) is 11.9. The molecule has 0 bridgehead atoms. The van der Waals surface area contributed by atoms with Gasteiger partial charge in [0.15, 0.2) is 0 Å². The van der Waals surface area contributed by atoms with Gasteiger partial charge in [0.25, 0.3) is 0 Å². The summed E-state index contributed by atoms with van der Waals surface area (Å²) in [5, 5.41) is 17.9. The van der Waals surface area contributed by atoms with Gasteiger partial charge in [-0.2, -0.15) is 0 Å². The van der Waals surface area contributed by atoms with Crippen molar-refractivity contribution < 1.29 is 19.8 Å². The summed E-state index contributed by atoms with van der Waals surface area (Å²) in [5.41, 5.74) is 0. The Morgan fingerprint density at radius 3 is 1.56 bits per heavy atom. The van der Waals surface area contributed by atoms with Crippen molar-refractivity contribution in [2.24, 2.45) is 5.92 Å². The van der Waals surface area contributed by atoms with Crippen molar-refractivity contribution >= 4 is 34.5 Å². The van der Waals surface area contributed by atoms with Gasteiger partial charge in [-0.25, -0.2) is 0 Å². The van der Waals surface area contributed by atoms with E-state index in [1.165, 1.54) is 77.0 Å². The van der Waals surface area contributed by atoms with E-state index in [0.717, 1.165) is 19.3 Å². The minimum atomic E-state index is -1.07. The molecular formula is C22H39IO4. The number of carboxylic acids is 2. The molecule has 0 spiro atoms. The molecule has 0 radical (unpaired) electrons. The normalized spacial score (nSPS) is 12.9. The summed E-state index contributed by atoms with van der Waals surface area (Å²) in [6, 6.07) is 0. The molecule has 0 aliphatic carbocycles. The summed E-state index contributed by atoms with van der Waals surface area (Å²) >= 11 is 1.97. The first-order valence-electron chi connectivity index (χ1n) is 10.8. The van der Waals surface area contributed by atoms with Crippen LogP contribution in [0.2, 0.25) is 0 Å². The molecule has 27 heavy (non-hydrogen) atoms. The Labute approximate surface area is 179 Å². The van der Waals surface area contributed by atoms with E-state index in [4.69, 9.17) is 10.2 Å². The molecule has 0 aliphatic heterocycles. The molecule has 0 fully saturated rings. The Morgan fingerprint density at radius 2 is 1.19 bits per heavy atom. The standard InChI is InChI=1S/C22H39IO4/c1-2-3-4-5-6-7-8-9-10-11-12-13-14-15-16-17-20(23)19(22(26)27)18-21(24)25/h17,19H,2-16,18H2,1H3,(H,24,25)(H,26,27). The SMILES string of the molecule is CCCCCCCCCCCCCCCCC=C(I)C(CC(=O)O)C(=O)O. The Balaban J connectivity index is 3.53. The highest BCUT2D eigenvalue weighted by molar-refractivity contribution is 14.1. The maximum Gasteiger partial charge on any atom is 0.312 e. The summed E-state index contributed by atoms with van der Waals surface area (Å²) in [4.78, 5) is 21.9. The number of rotatable bonds is 19. The van der Waals surface area contributed by atoms with Gasteiger partial charge >= 0.3 is 11.9 Å². The van der Waals surface area contributed by atoms with Crippen LogP contribution in [0.1, 0.15) is 110 Å². The number of carboxylic acid groups (broad SMARTS) is 2. The van der Waals surface area contributed by atoms with Crippen LogP contribution in [0.25, 0.3) is 0 Å². The summed E-state index contributed by atoms with van der Waals surface area (Å²) in [7, 11) is 0. The van der Waals surface area contributed by atoms with Crippen molar-refractivity contribution in [3.63, 3.8) is 0 Å². The van der Waals surface area contributed by atoms with Crippen molar-refractivity contribution in [1.82, 2.24) is 0 Å². The molecule has 2 N–H and O–H groups in total. The van der Waals surface area contributed by atoms with E-state index in [2.05, 4.69) is 6.92 Å². The summed E-state index contributed by atoms with van der Waals surface area (Å²) in [5.74, 6) is -3.03. The maximum absolute atomic E-state index is 11.1. The van der Waals surface area contributed by atoms with Crippen molar-refractivity contribution in [2.75, 3.05) is 0 Å². The Bertz CT molecular complexity index is 421. The fraction of sp³-hybridized carbons (Fsp3) is 0.818. The Kier molecular flexibility index (Phi) is 18.3. The second-order valence-corrected chi connectivity index (χ2v) is 8.71. The van der Waals surface area contributed by atoms with Gasteiger partial charge in [0, 0.05) is 3.58 Å². The molecule has 0 aliphatic rings. The highest BCUT2D eigenvalue weighted by Crippen LogP contribution is 2.24. The molecule has 158 valence electrons. The van der Waals surface area contributed by atoms with Crippen LogP contribution in [0, 0.1) is 5.92 Å². The second kappa shape index (κ2) is 18.8. The molecule has 0 heterocycles. The zero-order chi connectivity index (χ0) is 20.3. The molecule has 0 saturated heterocycles. The lowest BCUT2D eigenvalue weighted by molar-refractivity contribution is -0.146. The van der Waals surface area contributed by atoms with Crippen LogP contribution in [0.5, 0.6) is 0 Å². The Morgan fingerprint density at radius 1 is 0.778 bits per heavy atom. The second-order valence-electron chi connectivity index (χ2n) is 7.46. The molecule has 1 atom stereocenters. The van der Waals surface area contributed by atoms with Gasteiger partial charge < -0.3 is 10.2 Å². The van der Waals surface area contributed by atoms with Gasteiger partial charge in [-0.3, -0.25) is 9.59 Å². The third kappa shape index (κ3) is 17.3. The number of hydrogen-bond donors (Lipinski definition) is 2. The maximum atomic E-state index is 11.1. The van der Waals surface area contributed by atoms with Crippen LogP contribution < -0.4 is 0 Å². The van der Waals surface area contributed by atoms with Crippen LogP contribution >= 0.6 is 22.6 Å². The third-order valence-electron chi connectivity index (χ3n) is 4.91. The fourth-order valence-corrected chi connectivity index (χ4v) is 4.00. The number of aliphatic carboxylic acids is 2. The lowest BCUT2D eigenvalue weighted by Crippen LogP contribution is -2.17. The van der Waals surface area contributed by atoms with Gasteiger partial charge in [0.2, 0.25) is 0 Å². The molecule has 0 amide bonds. The minimum Gasteiger partial charge on any atom is -0.481 e. The highest BCUT2D eigenvalue weighted by atomic mass is 127. The van der Waals surface area contributed by atoms with Gasteiger partial charge in [-0.1, -0.05) is 96.5 Å². The molecule has 4 nitrogen and oxygen atoms in total. The van der Waals surface area contributed by atoms with Gasteiger partial charge in [0.1, 0.15) is 0 Å². The highest BCUT2D eigenvalue weighted by Gasteiger charge is 2.23. The molecule has 0 aromatic heterocycles. The first kappa shape index (κ1) is 26.4. The van der Waals surface area contributed by atoms with E-state index in [0.29, 0.717) is 3.58 Å². The van der Waals surface area contributed by atoms with Gasteiger partial charge in [-0.05, 0) is 35.4 Å². The lowest BCUT2D eigenvalue weighted by atomic mass is 10.0. The predicted octanol–water partition coefficient (Wildman–Crippen LogP) is 7.35. The average molecular weight is 494 g/mol. The van der Waals surface area contributed by atoms with E-state index in [1.807, 2.05) is 28.7 Å². The molecule has 0 saturated carbocycles. The van der Waals surface area contributed by atoms with E-state index in [-0.39, 0.29) is 6.42 Å². The number of unbranched alkanes of at least 4 members (excludes halogenated alkanes) is 14. The van der Waals surface area contributed by atoms with Gasteiger partial charge in [0.05, 0.1) is 12.3 Å². The van der Waals surface area contributed by atoms with Crippen LogP contribution in [0.3, 0.4) is 0 Å². The first-order chi connectivity index (χ1) is 13.0. The molecular weight excluding hydrogens is 455 g/mol. The monoisotopic (exact) mass is 494 g/mol. The molecule has 1 unspecified atom stereocenters. The number of allylic oxidation sites excluding steroid dienone is 1. The Hall–Kier alpha value is -0.590. The molecule has 0 aromatic rings. The van der Waals surface area contributed by atoms with E-state index >= 15 is 0 Å². The van der Waals surface area contributed by atoms with E-state index in [9.17, 15) is 9.59 Å². The molecule has 0 rings (SSSR count). The quantitative estimate of drug-likeness (QED) is 0.145. The number of halogens is 1. The van der Waals surface area contributed by atoms with Crippen molar-refractivity contribution in [2.45, 2.75) is 110 Å². The smallest absolute Gasteiger partial charge is 0.312 e. The van der Waals surface area contributed by atoms with Crippen LogP contribution in [-0.2, 0) is 9.59 Å². The summed E-state index contributed by atoms with van der Waals surface area (Å²) in [6.45, 7) is 2.26. The zero-order valence-electron chi connectivity index (χ0n) is 17.1. The number of hydrogen-bond acceptors (Lipinski definition) is 2. The van der Waals surface area contributed by atoms with Crippen LogP contribution in [-0.4, -0.2) is 22.2 Å². The predicted molar refractivity (Wildman–Crippen MR) is 120 cm³/mol. The molecule has 0 aromatic carbocycles. The third-order valence-corrected chi connectivity index (χ3v) is 6.10. The van der Waals surface area contributed by atoms with Crippen molar-refractivity contribution in [3.8, 4) is 0 Å². The van der Waals surface area contributed by atoms with Crippen LogP contribution in [0.4, 0.5) is 0 Å². The largest absolute Gasteiger partial charge is 0.481 e.